The molecule has 0 fully saturated rings. The number of ether oxygens (including phenoxy) is 1. The third kappa shape index (κ3) is 5.82. The molecule has 9 heteroatoms. The van der Waals surface area contributed by atoms with Gasteiger partial charge >= 0.3 is 5.97 Å². The van der Waals surface area contributed by atoms with Gasteiger partial charge in [-0.3, -0.25) is 14.4 Å². The standard InChI is InChI=1S/C19H22ClN3O5/c1-12-5-3-6-14(11-12)23-19(27)13(2)17(20)18(22-23)28-10-4-9-21-15(24)7-8-16(25)26/h3,5-6,11H,4,7-10H2,1-2H3,(H,21,24)(H,25,26). The first kappa shape index (κ1) is 21.4. The van der Waals surface area contributed by atoms with Crippen molar-refractivity contribution in [2.24, 2.45) is 0 Å². The van der Waals surface area contributed by atoms with Crippen molar-refractivity contribution in [3.05, 3.63) is 50.8 Å². The Morgan fingerprint density at radius 2 is 2.04 bits per heavy atom. The number of hydrogen-bond donors (Lipinski definition) is 2. The number of rotatable bonds is 9. The number of aromatic nitrogens is 2. The van der Waals surface area contributed by atoms with Crippen molar-refractivity contribution in [1.82, 2.24) is 15.1 Å². The first-order valence-electron chi connectivity index (χ1n) is 8.77. The molecule has 2 rings (SSSR count). The summed E-state index contributed by atoms with van der Waals surface area (Å²) in [5.41, 5.74) is 1.60. The number of aliphatic carboxylic acids is 1. The van der Waals surface area contributed by atoms with Crippen LogP contribution in [-0.2, 0) is 9.59 Å². The number of nitrogens with zero attached hydrogens (tertiary/aromatic N) is 2. The summed E-state index contributed by atoms with van der Waals surface area (Å²) in [6, 6.07) is 7.35. The lowest BCUT2D eigenvalue weighted by molar-refractivity contribution is -0.138. The Kier molecular flexibility index (Phi) is 7.57. The smallest absolute Gasteiger partial charge is 0.303 e. The molecule has 28 heavy (non-hydrogen) atoms. The summed E-state index contributed by atoms with van der Waals surface area (Å²) in [4.78, 5) is 34.4. The van der Waals surface area contributed by atoms with Gasteiger partial charge in [0.2, 0.25) is 5.91 Å². The summed E-state index contributed by atoms with van der Waals surface area (Å²) in [5.74, 6) is -1.21. The highest BCUT2D eigenvalue weighted by Gasteiger charge is 2.15. The summed E-state index contributed by atoms with van der Waals surface area (Å²) < 4.78 is 6.84. The van der Waals surface area contributed by atoms with E-state index in [0.717, 1.165) is 5.56 Å². The molecule has 1 amide bonds. The van der Waals surface area contributed by atoms with E-state index in [1.807, 2.05) is 25.1 Å². The van der Waals surface area contributed by atoms with Gasteiger partial charge in [0.05, 0.1) is 18.7 Å². The molecule has 1 aromatic carbocycles. The molecular formula is C19H22ClN3O5. The lowest BCUT2D eigenvalue weighted by atomic mass is 10.2. The molecule has 0 aliphatic carbocycles. The minimum atomic E-state index is -1.02. The van der Waals surface area contributed by atoms with Crippen LogP contribution < -0.4 is 15.6 Å². The SMILES string of the molecule is Cc1cccc(-n2nc(OCCCNC(=O)CCC(=O)O)c(Cl)c(C)c2=O)c1. The van der Waals surface area contributed by atoms with Gasteiger partial charge < -0.3 is 15.2 Å². The summed E-state index contributed by atoms with van der Waals surface area (Å²) in [5, 5.41) is 15.5. The molecule has 8 nitrogen and oxygen atoms in total. The zero-order valence-electron chi connectivity index (χ0n) is 15.7. The van der Waals surface area contributed by atoms with Crippen molar-refractivity contribution in [2.45, 2.75) is 33.1 Å². The van der Waals surface area contributed by atoms with Crippen molar-refractivity contribution in [1.29, 1.82) is 0 Å². The summed E-state index contributed by atoms with van der Waals surface area (Å²) in [6.45, 7) is 4.07. The maximum absolute atomic E-state index is 12.5. The summed E-state index contributed by atoms with van der Waals surface area (Å²) >= 11 is 6.20. The van der Waals surface area contributed by atoms with Crippen LogP contribution in [0.15, 0.2) is 29.1 Å². The molecule has 0 aliphatic rings. The Morgan fingerprint density at radius 1 is 1.29 bits per heavy atom. The Morgan fingerprint density at radius 3 is 2.71 bits per heavy atom. The number of aryl methyl sites for hydroxylation is 1. The van der Waals surface area contributed by atoms with Gasteiger partial charge in [0, 0.05) is 18.5 Å². The number of carboxylic acids is 1. The molecule has 0 saturated carbocycles. The zero-order valence-corrected chi connectivity index (χ0v) is 16.5. The molecule has 2 N–H and O–H groups in total. The number of carbonyl (C=O) groups excluding carboxylic acids is 1. The topological polar surface area (TPSA) is 111 Å². The van der Waals surface area contributed by atoms with E-state index in [-0.39, 0.29) is 41.8 Å². The molecule has 1 heterocycles. The van der Waals surface area contributed by atoms with E-state index in [4.69, 9.17) is 21.4 Å². The van der Waals surface area contributed by atoms with E-state index >= 15 is 0 Å². The molecule has 0 radical (unpaired) electrons. The van der Waals surface area contributed by atoms with E-state index in [9.17, 15) is 14.4 Å². The Balaban J connectivity index is 1.99. The van der Waals surface area contributed by atoms with Gasteiger partial charge in [0.1, 0.15) is 5.02 Å². The fraction of sp³-hybridized carbons (Fsp3) is 0.368. The Labute approximate surface area is 167 Å². The highest BCUT2D eigenvalue weighted by atomic mass is 35.5. The van der Waals surface area contributed by atoms with E-state index in [0.29, 0.717) is 24.2 Å². The molecule has 0 atom stereocenters. The summed E-state index contributed by atoms with van der Waals surface area (Å²) in [6.07, 6.45) is 0.200. The van der Waals surface area contributed by atoms with Crippen molar-refractivity contribution in [3.63, 3.8) is 0 Å². The molecule has 0 aliphatic heterocycles. The van der Waals surface area contributed by atoms with Crippen LogP contribution in [0, 0.1) is 13.8 Å². The minimum Gasteiger partial charge on any atom is -0.481 e. The number of halogens is 1. The van der Waals surface area contributed by atoms with E-state index < -0.39 is 5.97 Å². The van der Waals surface area contributed by atoms with Crippen LogP contribution in [0.2, 0.25) is 5.02 Å². The average molecular weight is 408 g/mol. The predicted molar refractivity (Wildman–Crippen MR) is 104 cm³/mol. The molecular weight excluding hydrogens is 386 g/mol. The normalized spacial score (nSPS) is 10.5. The van der Waals surface area contributed by atoms with Crippen LogP contribution in [0.4, 0.5) is 0 Å². The van der Waals surface area contributed by atoms with Gasteiger partial charge in [-0.15, -0.1) is 5.10 Å². The second-order valence-electron chi connectivity index (χ2n) is 6.25. The maximum atomic E-state index is 12.5. The number of amides is 1. The van der Waals surface area contributed by atoms with Gasteiger partial charge in [-0.25, -0.2) is 0 Å². The average Bonchev–Trinajstić information content (AvgIpc) is 2.65. The zero-order chi connectivity index (χ0) is 20.7. The lowest BCUT2D eigenvalue weighted by Crippen LogP contribution is -2.27. The quantitative estimate of drug-likeness (QED) is 0.617. The number of carbonyl (C=O) groups is 2. The van der Waals surface area contributed by atoms with Crippen LogP contribution in [0.3, 0.4) is 0 Å². The second-order valence-corrected chi connectivity index (χ2v) is 6.62. The van der Waals surface area contributed by atoms with Gasteiger partial charge in [0.25, 0.3) is 11.4 Å². The van der Waals surface area contributed by atoms with Crippen molar-refractivity contribution < 1.29 is 19.4 Å². The minimum absolute atomic E-state index is 0.0653. The third-order valence-electron chi connectivity index (χ3n) is 3.92. The van der Waals surface area contributed by atoms with Crippen LogP contribution in [0.5, 0.6) is 5.88 Å². The van der Waals surface area contributed by atoms with E-state index in [1.165, 1.54) is 4.68 Å². The number of nitrogens with one attached hydrogen (secondary N) is 1. The largest absolute Gasteiger partial charge is 0.481 e. The van der Waals surface area contributed by atoms with Crippen LogP contribution in [0.25, 0.3) is 5.69 Å². The van der Waals surface area contributed by atoms with Gasteiger partial charge in [-0.2, -0.15) is 4.68 Å². The lowest BCUT2D eigenvalue weighted by Gasteiger charge is -2.13. The van der Waals surface area contributed by atoms with Crippen molar-refractivity contribution in [3.8, 4) is 11.6 Å². The van der Waals surface area contributed by atoms with Gasteiger partial charge in [0.15, 0.2) is 0 Å². The van der Waals surface area contributed by atoms with Crippen LogP contribution >= 0.6 is 11.6 Å². The van der Waals surface area contributed by atoms with Crippen LogP contribution in [0.1, 0.15) is 30.4 Å². The Bertz CT molecular complexity index is 926. The molecule has 2 aromatic rings. The second kappa shape index (κ2) is 9.89. The molecule has 1 aromatic heterocycles. The van der Waals surface area contributed by atoms with Crippen LogP contribution in [-0.4, -0.2) is 39.9 Å². The first-order valence-corrected chi connectivity index (χ1v) is 9.15. The fourth-order valence-electron chi connectivity index (χ4n) is 2.40. The van der Waals surface area contributed by atoms with Crippen molar-refractivity contribution >= 4 is 23.5 Å². The maximum Gasteiger partial charge on any atom is 0.303 e. The first-order chi connectivity index (χ1) is 13.3. The highest BCUT2D eigenvalue weighted by Crippen LogP contribution is 2.23. The molecule has 150 valence electrons. The summed E-state index contributed by atoms with van der Waals surface area (Å²) in [7, 11) is 0. The molecule has 0 unspecified atom stereocenters. The monoisotopic (exact) mass is 407 g/mol. The number of hydrogen-bond acceptors (Lipinski definition) is 5. The number of benzene rings is 1. The molecule has 0 bridgehead atoms. The fourth-order valence-corrected chi connectivity index (χ4v) is 2.57. The van der Waals surface area contributed by atoms with Gasteiger partial charge in [-0.05, 0) is 38.0 Å². The van der Waals surface area contributed by atoms with Crippen molar-refractivity contribution in [2.75, 3.05) is 13.2 Å². The molecule has 0 saturated heterocycles. The number of carboxylic acid groups (broad SMARTS) is 1. The third-order valence-corrected chi connectivity index (χ3v) is 4.36. The van der Waals surface area contributed by atoms with E-state index in [1.54, 1.807) is 13.0 Å². The van der Waals surface area contributed by atoms with E-state index in [2.05, 4.69) is 10.4 Å². The van der Waals surface area contributed by atoms with Gasteiger partial charge in [-0.1, -0.05) is 23.7 Å². The Hall–Kier alpha value is -2.87. The predicted octanol–water partition coefficient (Wildman–Crippen LogP) is 2.25. The highest BCUT2D eigenvalue weighted by molar-refractivity contribution is 6.32. The molecule has 0 spiro atoms.